The van der Waals surface area contributed by atoms with Gasteiger partial charge in [-0.25, -0.2) is 0 Å². The molecule has 22 heavy (non-hydrogen) atoms. The van der Waals surface area contributed by atoms with Crippen LogP contribution in [-0.4, -0.2) is 53.0 Å². The van der Waals surface area contributed by atoms with Crippen LogP contribution in [0.4, 0.5) is 0 Å². The van der Waals surface area contributed by atoms with Crippen LogP contribution in [0.15, 0.2) is 0 Å². The smallest absolute Gasteiger partial charge is 0.274 e. The van der Waals surface area contributed by atoms with Gasteiger partial charge < -0.3 is 14.4 Å². The monoisotopic (exact) mass is 307 g/mol. The Hall–Kier alpha value is -1.40. The van der Waals surface area contributed by atoms with E-state index in [1.54, 1.807) is 11.8 Å². The van der Waals surface area contributed by atoms with Crippen molar-refractivity contribution in [2.24, 2.45) is 7.05 Å². The van der Waals surface area contributed by atoms with Crippen LogP contribution in [0.1, 0.15) is 54.5 Å². The first-order valence-electron chi connectivity index (χ1n) is 7.88. The minimum absolute atomic E-state index is 0.00676. The third kappa shape index (κ3) is 2.34. The molecule has 1 aromatic rings. The Morgan fingerprint density at radius 1 is 1.50 bits per heavy atom. The van der Waals surface area contributed by atoms with Gasteiger partial charge in [0.15, 0.2) is 5.69 Å². The van der Waals surface area contributed by atoms with Crippen LogP contribution < -0.4 is 0 Å². The van der Waals surface area contributed by atoms with E-state index in [2.05, 4.69) is 5.10 Å². The summed E-state index contributed by atoms with van der Waals surface area (Å²) < 4.78 is 12.9. The van der Waals surface area contributed by atoms with Crippen LogP contribution in [0.5, 0.6) is 0 Å². The van der Waals surface area contributed by atoms with Crippen molar-refractivity contribution in [3.05, 3.63) is 17.0 Å². The maximum Gasteiger partial charge on any atom is 0.274 e. The highest BCUT2D eigenvalue weighted by atomic mass is 16.5. The number of fused-ring (bicyclic) bond motifs is 1. The molecule has 0 saturated heterocycles. The lowest BCUT2D eigenvalue weighted by Gasteiger charge is -2.29. The first-order chi connectivity index (χ1) is 10.4. The van der Waals surface area contributed by atoms with Gasteiger partial charge in [-0.3, -0.25) is 9.48 Å². The molecule has 0 unspecified atom stereocenters. The predicted octanol–water partition coefficient (Wildman–Crippen LogP) is 1.69. The maximum absolute atomic E-state index is 13.0. The highest BCUT2D eigenvalue weighted by Gasteiger charge is 2.49. The number of carbonyl (C=O) groups is 1. The van der Waals surface area contributed by atoms with Gasteiger partial charge in [0.1, 0.15) is 0 Å². The highest BCUT2D eigenvalue weighted by molar-refractivity contribution is 5.94. The van der Waals surface area contributed by atoms with E-state index >= 15 is 0 Å². The number of carbonyl (C=O) groups excluding carboxylic acids is 1. The summed E-state index contributed by atoms with van der Waals surface area (Å²) in [6, 6.07) is 0. The van der Waals surface area contributed by atoms with E-state index in [1.165, 1.54) is 0 Å². The molecule has 1 aliphatic heterocycles. The summed E-state index contributed by atoms with van der Waals surface area (Å²) in [7, 11) is 5.43. The summed E-state index contributed by atoms with van der Waals surface area (Å²) in [5.74, 6) is -0.00676. The molecular formula is C16H25N3O3. The maximum atomic E-state index is 13.0. The quantitative estimate of drug-likeness (QED) is 0.849. The van der Waals surface area contributed by atoms with E-state index in [-0.39, 0.29) is 23.7 Å². The number of hydrogen-bond acceptors (Lipinski definition) is 4. The van der Waals surface area contributed by atoms with E-state index in [9.17, 15) is 4.79 Å². The Morgan fingerprint density at radius 3 is 2.77 bits per heavy atom. The average Bonchev–Trinajstić information content (AvgIpc) is 3.16. The molecule has 6 nitrogen and oxygen atoms in total. The van der Waals surface area contributed by atoms with Gasteiger partial charge in [-0.1, -0.05) is 0 Å². The van der Waals surface area contributed by atoms with Gasteiger partial charge in [0.25, 0.3) is 5.91 Å². The number of aromatic nitrogens is 2. The molecule has 1 fully saturated rings. The molecule has 0 radical (unpaired) electrons. The molecule has 1 saturated carbocycles. The second kappa shape index (κ2) is 5.35. The van der Waals surface area contributed by atoms with Crippen molar-refractivity contribution in [1.82, 2.24) is 14.7 Å². The normalized spacial score (nSPS) is 25.7. The lowest BCUT2D eigenvalue weighted by atomic mass is 9.99. The average molecular weight is 307 g/mol. The highest BCUT2D eigenvalue weighted by Crippen LogP contribution is 2.42. The van der Waals surface area contributed by atoms with Gasteiger partial charge in [0.05, 0.1) is 30.0 Å². The molecule has 122 valence electrons. The van der Waals surface area contributed by atoms with E-state index in [4.69, 9.17) is 9.47 Å². The standard InChI is InChI=1S/C16H25N3O3/c1-10-8-12-13(17-19(4)14(12)11(2)22-10)15(20)18(3)16(6-7-16)9-21-5/h10-11H,6-9H2,1-5H3/t10-,11+/m0/s1. The lowest BCUT2D eigenvalue weighted by Crippen LogP contribution is -2.42. The van der Waals surface area contributed by atoms with Gasteiger partial charge >= 0.3 is 0 Å². The van der Waals surface area contributed by atoms with E-state index in [1.807, 2.05) is 32.8 Å². The fraction of sp³-hybridized carbons (Fsp3) is 0.750. The molecule has 2 heterocycles. The van der Waals surface area contributed by atoms with Crippen molar-refractivity contribution in [2.45, 2.75) is 50.9 Å². The number of aryl methyl sites for hydroxylation is 1. The number of nitrogens with zero attached hydrogens (tertiary/aromatic N) is 3. The van der Waals surface area contributed by atoms with Crippen molar-refractivity contribution >= 4 is 5.91 Å². The largest absolute Gasteiger partial charge is 0.382 e. The second-order valence-electron chi connectivity index (χ2n) is 6.65. The van der Waals surface area contributed by atoms with E-state index in [0.717, 1.165) is 30.5 Å². The van der Waals surface area contributed by atoms with Crippen LogP contribution in [0.25, 0.3) is 0 Å². The number of hydrogen-bond donors (Lipinski definition) is 0. The van der Waals surface area contributed by atoms with Crippen LogP contribution in [0, 0.1) is 0 Å². The molecule has 0 aromatic carbocycles. The van der Waals surface area contributed by atoms with Gasteiger partial charge in [-0.2, -0.15) is 5.10 Å². The number of amides is 1. The first-order valence-corrected chi connectivity index (χ1v) is 7.88. The predicted molar refractivity (Wildman–Crippen MR) is 81.8 cm³/mol. The third-order valence-electron chi connectivity index (χ3n) is 4.97. The summed E-state index contributed by atoms with van der Waals surface area (Å²) in [6.45, 7) is 4.64. The summed E-state index contributed by atoms with van der Waals surface area (Å²) in [6.07, 6.45) is 2.80. The molecule has 6 heteroatoms. The van der Waals surface area contributed by atoms with Crippen molar-refractivity contribution in [1.29, 1.82) is 0 Å². The topological polar surface area (TPSA) is 56.6 Å². The Labute approximate surface area is 131 Å². The summed E-state index contributed by atoms with van der Waals surface area (Å²) in [4.78, 5) is 14.8. The molecule has 2 atom stereocenters. The minimum Gasteiger partial charge on any atom is -0.382 e. The van der Waals surface area contributed by atoms with Crippen LogP contribution in [0.2, 0.25) is 0 Å². The zero-order valence-corrected chi connectivity index (χ0v) is 14.0. The molecule has 0 N–H and O–H groups in total. The molecule has 1 aromatic heterocycles. The number of rotatable bonds is 4. The van der Waals surface area contributed by atoms with Gasteiger partial charge in [-0.15, -0.1) is 0 Å². The van der Waals surface area contributed by atoms with Crippen molar-refractivity contribution in [3.63, 3.8) is 0 Å². The van der Waals surface area contributed by atoms with Crippen LogP contribution >= 0.6 is 0 Å². The van der Waals surface area contributed by atoms with E-state index < -0.39 is 0 Å². The molecule has 2 aliphatic rings. The summed E-state index contributed by atoms with van der Waals surface area (Å²) in [5.41, 5.74) is 2.49. The summed E-state index contributed by atoms with van der Waals surface area (Å²) >= 11 is 0. The zero-order valence-electron chi connectivity index (χ0n) is 14.0. The van der Waals surface area contributed by atoms with Crippen molar-refractivity contribution in [3.8, 4) is 0 Å². The van der Waals surface area contributed by atoms with Gasteiger partial charge in [0.2, 0.25) is 0 Å². The summed E-state index contributed by atoms with van der Waals surface area (Å²) in [5, 5.41) is 4.50. The number of ether oxygens (including phenoxy) is 2. The Balaban J connectivity index is 1.93. The van der Waals surface area contributed by atoms with Crippen molar-refractivity contribution < 1.29 is 14.3 Å². The van der Waals surface area contributed by atoms with Gasteiger partial charge in [-0.05, 0) is 26.7 Å². The Morgan fingerprint density at radius 2 is 2.18 bits per heavy atom. The molecule has 3 rings (SSSR count). The van der Waals surface area contributed by atoms with E-state index in [0.29, 0.717) is 12.3 Å². The fourth-order valence-corrected chi connectivity index (χ4v) is 3.57. The van der Waals surface area contributed by atoms with Gasteiger partial charge in [0, 0.05) is 33.2 Å². The zero-order chi connectivity index (χ0) is 16.1. The SMILES string of the molecule is COCC1(N(C)C(=O)c2nn(C)c3c2C[C@H](C)O[C@@H]3C)CC1. The lowest BCUT2D eigenvalue weighted by molar-refractivity contribution is -0.00909. The first kappa shape index (κ1) is 15.5. The van der Waals surface area contributed by atoms with Crippen LogP contribution in [0.3, 0.4) is 0 Å². The molecule has 1 amide bonds. The minimum atomic E-state index is -0.140. The second-order valence-corrected chi connectivity index (χ2v) is 6.65. The molecule has 1 aliphatic carbocycles. The molecule has 0 bridgehead atoms. The van der Waals surface area contributed by atoms with Crippen LogP contribution in [-0.2, 0) is 22.9 Å². The number of methoxy groups -OCH3 is 1. The number of likely N-dealkylation sites (N-methyl/N-ethyl adjacent to an activating group) is 1. The molecular weight excluding hydrogens is 282 g/mol. The Bertz CT molecular complexity index is 592. The van der Waals surface area contributed by atoms with Crippen molar-refractivity contribution in [2.75, 3.05) is 20.8 Å². The Kier molecular flexibility index (Phi) is 3.77. The fourth-order valence-electron chi connectivity index (χ4n) is 3.57. The molecule has 0 spiro atoms. The third-order valence-corrected chi connectivity index (χ3v) is 4.97.